The Kier molecular flexibility index (Phi) is 5.61. The molecule has 0 fully saturated rings. The van der Waals surface area contributed by atoms with E-state index in [2.05, 4.69) is 5.32 Å². The van der Waals surface area contributed by atoms with Crippen molar-refractivity contribution in [2.45, 2.75) is 18.2 Å². The zero-order chi connectivity index (χ0) is 15.3. The van der Waals surface area contributed by atoms with Crippen LogP contribution in [0.2, 0.25) is 0 Å². The minimum Gasteiger partial charge on any atom is -0.393 e. The van der Waals surface area contributed by atoms with Gasteiger partial charge in [-0.3, -0.25) is 4.79 Å². The van der Waals surface area contributed by atoms with Crippen LogP contribution in [0.15, 0.2) is 29.2 Å². The predicted octanol–water partition coefficient (Wildman–Crippen LogP) is -0.0851. The Hall–Kier alpha value is -1.51. The topological polar surface area (TPSA) is 115 Å². The van der Waals surface area contributed by atoms with Gasteiger partial charge in [-0.05, 0) is 31.0 Å². The summed E-state index contributed by atoms with van der Waals surface area (Å²) < 4.78 is 22.2. The average Bonchev–Trinajstić information content (AvgIpc) is 2.37. The van der Waals surface area contributed by atoms with Crippen molar-refractivity contribution >= 4 is 33.1 Å². The van der Waals surface area contributed by atoms with Gasteiger partial charge in [0.25, 0.3) is 0 Å². The van der Waals surface area contributed by atoms with E-state index in [4.69, 9.17) is 23.1 Å². The predicted molar refractivity (Wildman–Crippen MR) is 80.5 cm³/mol. The van der Waals surface area contributed by atoms with Gasteiger partial charge in [-0.25, -0.2) is 13.6 Å². The second-order valence-electron chi connectivity index (χ2n) is 4.35. The Bertz CT molecular complexity index is 597. The first kappa shape index (κ1) is 16.5. The van der Waals surface area contributed by atoms with Gasteiger partial charge in [-0.15, -0.1) is 0 Å². The van der Waals surface area contributed by atoms with Crippen molar-refractivity contribution in [2.24, 2.45) is 16.8 Å². The number of nitrogens with one attached hydrogen (secondary N) is 1. The fourth-order valence-corrected chi connectivity index (χ4v) is 2.08. The average molecular weight is 315 g/mol. The zero-order valence-corrected chi connectivity index (χ0v) is 12.6. The molecule has 8 heteroatoms. The number of primary sulfonamides is 1. The number of thiocarbonyl (C=S) groups is 1. The monoisotopic (exact) mass is 315 g/mol. The van der Waals surface area contributed by atoms with Gasteiger partial charge in [-0.2, -0.15) is 0 Å². The van der Waals surface area contributed by atoms with Crippen LogP contribution in [0.5, 0.6) is 0 Å². The molecular weight excluding hydrogens is 298 g/mol. The number of carbonyl (C=O) groups excluding carboxylic acids is 1. The highest BCUT2D eigenvalue weighted by molar-refractivity contribution is 7.89. The molecule has 1 atom stereocenters. The van der Waals surface area contributed by atoms with Crippen molar-refractivity contribution in [1.82, 2.24) is 5.32 Å². The molecule has 0 saturated heterocycles. The molecule has 6 nitrogen and oxygen atoms in total. The largest absolute Gasteiger partial charge is 0.393 e. The first-order chi connectivity index (χ1) is 9.21. The summed E-state index contributed by atoms with van der Waals surface area (Å²) in [6, 6.07) is 6.18. The summed E-state index contributed by atoms with van der Waals surface area (Å²) in [5, 5.41) is 7.71. The molecule has 0 heterocycles. The van der Waals surface area contributed by atoms with Crippen molar-refractivity contribution in [3.63, 3.8) is 0 Å². The second kappa shape index (κ2) is 6.78. The Balaban J connectivity index is 2.51. The lowest BCUT2D eigenvalue weighted by Crippen LogP contribution is -2.36. The lowest BCUT2D eigenvalue weighted by molar-refractivity contribution is -0.122. The highest BCUT2D eigenvalue weighted by Gasteiger charge is 2.14. The van der Waals surface area contributed by atoms with Crippen LogP contribution in [0, 0.1) is 5.92 Å². The number of benzene rings is 1. The van der Waals surface area contributed by atoms with Crippen molar-refractivity contribution in [3.05, 3.63) is 29.8 Å². The molecule has 1 amide bonds. The molecule has 0 bridgehead atoms. The molecule has 0 aliphatic rings. The van der Waals surface area contributed by atoms with Crippen molar-refractivity contribution in [3.8, 4) is 0 Å². The number of nitrogens with two attached hydrogens (primary N) is 2. The maximum atomic E-state index is 11.6. The second-order valence-corrected chi connectivity index (χ2v) is 6.39. The smallest absolute Gasteiger partial charge is 0.238 e. The van der Waals surface area contributed by atoms with Crippen LogP contribution in [0.4, 0.5) is 0 Å². The van der Waals surface area contributed by atoms with E-state index >= 15 is 0 Å². The molecule has 1 unspecified atom stereocenters. The fraction of sp³-hybridized carbons (Fsp3) is 0.333. The van der Waals surface area contributed by atoms with E-state index < -0.39 is 15.9 Å². The molecule has 5 N–H and O–H groups in total. The summed E-state index contributed by atoms with van der Waals surface area (Å²) in [4.78, 5) is 11.8. The van der Waals surface area contributed by atoms with Crippen LogP contribution in [0.1, 0.15) is 12.5 Å². The molecule has 0 saturated carbocycles. The SMILES string of the molecule is CC(C(=O)NCCc1ccc(S(N)(=O)=O)cc1)C(N)=S. The maximum Gasteiger partial charge on any atom is 0.238 e. The first-order valence-corrected chi connectivity index (χ1v) is 7.86. The minimum absolute atomic E-state index is 0.0624. The van der Waals surface area contributed by atoms with Gasteiger partial charge >= 0.3 is 0 Å². The third-order valence-corrected chi connectivity index (χ3v) is 4.07. The molecule has 0 aliphatic heterocycles. The van der Waals surface area contributed by atoms with Gasteiger partial charge in [-0.1, -0.05) is 24.4 Å². The molecule has 0 radical (unpaired) electrons. The summed E-state index contributed by atoms with van der Waals surface area (Å²) in [5.41, 5.74) is 6.27. The summed E-state index contributed by atoms with van der Waals surface area (Å²) >= 11 is 4.74. The summed E-state index contributed by atoms with van der Waals surface area (Å²) in [6.45, 7) is 2.05. The van der Waals surface area contributed by atoms with E-state index in [1.807, 2.05) is 0 Å². The van der Waals surface area contributed by atoms with E-state index in [1.54, 1.807) is 19.1 Å². The fourth-order valence-electron chi connectivity index (χ4n) is 1.46. The molecule has 1 aromatic carbocycles. The van der Waals surface area contributed by atoms with Gasteiger partial charge in [0.2, 0.25) is 15.9 Å². The van der Waals surface area contributed by atoms with Gasteiger partial charge in [0, 0.05) is 6.54 Å². The third kappa shape index (κ3) is 4.87. The number of sulfonamides is 1. The van der Waals surface area contributed by atoms with E-state index in [0.717, 1.165) is 5.56 Å². The number of carbonyl (C=O) groups is 1. The van der Waals surface area contributed by atoms with E-state index in [1.165, 1.54) is 12.1 Å². The Morgan fingerprint density at radius 1 is 1.35 bits per heavy atom. The molecule has 0 spiro atoms. The summed E-state index contributed by atoms with van der Waals surface area (Å²) in [7, 11) is -3.67. The molecule has 1 aromatic rings. The normalized spacial score (nSPS) is 12.7. The number of rotatable bonds is 6. The van der Waals surface area contributed by atoms with Crippen LogP contribution in [0.25, 0.3) is 0 Å². The Morgan fingerprint density at radius 3 is 2.35 bits per heavy atom. The molecular formula is C12H17N3O3S2. The van der Waals surface area contributed by atoms with E-state index in [0.29, 0.717) is 13.0 Å². The number of hydrogen-bond donors (Lipinski definition) is 3. The van der Waals surface area contributed by atoms with Crippen molar-refractivity contribution in [1.29, 1.82) is 0 Å². The summed E-state index contributed by atoms with van der Waals surface area (Å²) in [6.07, 6.45) is 0.570. The molecule has 110 valence electrons. The van der Waals surface area contributed by atoms with Gasteiger partial charge in [0.1, 0.15) is 0 Å². The zero-order valence-electron chi connectivity index (χ0n) is 11.0. The maximum absolute atomic E-state index is 11.6. The molecule has 0 aromatic heterocycles. The minimum atomic E-state index is -3.67. The Labute approximate surface area is 123 Å². The molecule has 20 heavy (non-hydrogen) atoms. The van der Waals surface area contributed by atoms with E-state index in [9.17, 15) is 13.2 Å². The van der Waals surface area contributed by atoms with Crippen molar-refractivity contribution in [2.75, 3.05) is 6.54 Å². The van der Waals surface area contributed by atoms with E-state index in [-0.39, 0.29) is 15.8 Å². The van der Waals surface area contributed by atoms with Gasteiger partial charge in [0.15, 0.2) is 0 Å². The quantitative estimate of drug-likeness (QED) is 0.635. The van der Waals surface area contributed by atoms with Crippen LogP contribution in [-0.4, -0.2) is 25.9 Å². The van der Waals surface area contributed by atoms with Crippen LogP contribution in [-0.2, 0) is 21.2 Å². The Morgan fingerprint density at radius 2 is 1.90 bits per heavy atom. The standard InChI is InChI=1S/C12H17N3O3S2/c1-8(11(13)19)12(16)15-7-6-9-2-4-10(5-3-9)20(14,17)18/h2-5,8H,6-7H2,1H3,(H2,13,19)(H,15,16)(H2,14,17,18). The molecule has 0 aliphatic carbocycles. The summed E-state index contributed by atoms with van der Waals surface area (Å²) in [5.74, 6) is -0.728. The number of amides is 1. The lowest BCUT2D eigenvalue weighted by atomic mass is 10.1. The highest BCUT2D eigenvalue weighted by atomic mass is 32.2. The van der Waals surface area contributed by atoms with Crippen LogP contribution in [0.3, 0.4) is 0 Å². The van der Waals surface area contributed by atoms with Crippen LogP contribution < -0.4 is 16.2 Å². The third-order valence-electron chi connectivity index (χ3n) is 2.78. The molecule has 1 rings (SSSR count). The van der Waals surface area contributed by atoms with Gasteiger partial charge in [0.05, 0.1) is 15.8 Å². The van der Waals surface area contributed by atoms with Crippen molar-refractivity contribution < 1.29 is 13.2 Å². The number of hydrogen-bond acceptors (Lipinski definition) is 4. The lowest BCUT2D eigenvalue weighted by Gasteiger charge is -2.10. The van der Waals surface area contributed by atoms with Crippen LogP contribution >= 0.6 is 12.2 Å². The highest BCUT2D eigenvalue weighted by Crippen LogP contribution is 2.09. The van der Waals surface area contributed by atoms with Gasteiger partial charge < -0.3 is 11.1 Å². The first-order valence-electron chi connectivity index (χ1n) is 5.90.